The first-order valence-corrected chi connectivity index (χ1v) is 5.76. The molecule has 0 unspecified atom stereocenters. The van der Waals surface area contributed by atoms with Gasteiger partial charge in [-0.2, -0.15) is 0 Å². The lowest BCUT2D eigenvalue weighted by atomic mass is 10.1. The molecule has 0 saturated carbocycles. The molecule has 0 radical (unpaired) electrons. The van der Waals surface area contributed by atoms with Crippen LogP contribution in [0.3, 0.4) is 0 Å². The lowest BCUT2D eigenvalue weighted by Crippen LogP contribution is -2.10. The fraction of sp³-hybridized carbons (Fsp3) is 0.333. The van der Waals surface area contributed by atoms with Gasteiger partial charge in [0.1, 0.15) is 5.69 Å². The number of aromatic nitrogens is 4. The molecule has 0 aromatic carbocycles. The van der Waals surface area contributed by atoms with Crippen molar-refractivity contribution in [1.82, 2.24) is 19.5 Å². The van der Waals surface area contributed by atoms with E-state index >= 15 is 0 Å². The molecule has 0 amide bonds. The Balaban J connectivity index is 2.21. The van der Waals surface area contributed by atoms with E-state index in [-0.39, 0.29) is 5.69 Å². The molecule has 6 nitrogen and oxygen atoms in total. The summed E-state index contributed by atoms with van der Waals surface area (Å²) in [7, 11) is 1.83. The molecule has 2 aromatic rings. The highest BCUT2D eigenvalue weighted by Gasteiger charge is 2.24. The topological polar surface area (TPSA) is 80.9 Å². The minimum atomic E-state index is -0.987. The van der Waals surface area contributed by atoms with Crippen LogP contribution >= 0.6 is 0 Å². The van der Waals surface area contributed by atoms with Gasteiger partial charge in [-0.25, -0.2) is 19.7 Å². The molecule has 92 valence electrons. The van der Waals surface area contributed by atoms with Crippen LogP contribution in [0.1, 0.15) is 28.2 Å². The van der Waals surface area contributed by atoms with Gasteiger partial charge in [0, 0.05) is 18.3 Å². The molecule has 0 aliphatic heterocycles. The zero-order valence-electron chi connectivity index (χ0n) is 9.92. The van der Waals surface area contributed by atoms with Gasteiger partial charge in [0.25, 0.3) is 0 Å². The van der Waals surface area contributed by atoms with Crippen LogP contribution in [-0.2, 0) is 19.9 Å². The third kappa shape index (κ3) is 1.57. The summed E-state index contributed by atoms with van der Waals surface area (Å²) in [5, 5.41) is 9.23. The van der Waals surface area contributed by atoms with E-state index < -0.39 is 5.97 Å². The van der Waals surface area contributed by atoms with Crippen LogP contribution in [0.4, 0.5) is 0 Å². The largest absolute Gasteiger partial charge is 0.476 e. The van der Waals surface area contributed by atoms with Gasteiger partial charge in [-0.05, 0) is 19.3 Å². The Bertz CT molecular complexity index is 633. The molecule has 2 heterocycles. The summed E-state index contributed by atoms with van der Waals surface area (Å²) in [6.07, 6.45) is 5.80. The first-order chi connectivity index (χ1) is 8.66. The maximum Gasteiger partial charge on any atom is 0.354 e. The number of hydrogen-bond donors (Lipinski definition) is 1. The lowest BCUT2D eigenvalue weighted by Gasteiger charge is -2.07. The molecule has 0 atom stereocenters. The van der Waals surface area contributed by atoms with Crippen molar-refractivity contribution in [2.24, 2.45) is 7.05 Å². The Morgan fingerprint density at radius 3 is 2.89 bits per heavy atom. The Kier molecular flexibility index (Phi) is 2.36. The normalized spacial score (nSPS) is 13.6. The van der Waals surface area contributed by atoms with E-state index in [0.29, 0.717) is 5.82 Å². The average Bonchev–Trinajstić information content (AvgIpc) is 2.95. The highest BCUT2D eigenvalue weighted by atomic mass is 16.4. The van der Waals surface area contributed by atoms with Crippen LogP contribution in [0.5, 0.6) is 0 Å². The Morgan fingerprint density at radius 2 is 2.22 bits per heavy atom. The molecule has 0 saturated heterocycles. The van der Waals surface area contributed by atoms with Crippen molar-refractivity contribution in [3.63, 3.8) is 0 Å². The van der Waals surface area contributed by atoms with Crippen molar-refractivity contribution < 1.29 is 9.90 Å². The van der Waals surface area contributed by atoms with Gasteiger partial charge in [-0.1, -0.05) is 0 Å². The molecule has 2 aromatic heterocycles. The highest BCUT2D eigenvalue weighted by Crippen LogP contribution is 2.25. The molecule has 0 fully saturated rings. The van der Waals surface area contributed by atoms with Gasteiger partial charge in [0.05, 0.1) is 12.5 Å². The Hall–Kier alpha value is -2.24. The summed E-state index contributed by atoms with van der Waals surface area (Å²) in [5.74, 6) is -0.549. The summed E-state index contributed by atoms with van der Waals surface area (Å²) in [5.41, 5.74) is 2.51. The second-order valence-corrected chi connectivity index (χ2v) is 4.37. The summed E-state index contributed by atoms with van der Waals surface area (Å²) >= 11 is 0. The van der Waals surface area contributed by atoms with Crippen molar-refractivity contribution in [2.45, 2.75) is 19.3 Å². The summed E-state index contributed by atoms with van der Waals surface area (Å²) < 4.78 is 1.78. The van der Waals surface area contributed by atoms with Crippen LogP contribution in [0.25, 0.3) is 11.5 Å². The molecule has 6 heteroatoms. The van der Waals surface area contributed by atoms with Crippen molar-refractivity contribution in [3.8, 4) is 11.5 Å². The Labute approximate surface area is 103 Å². The van der Waals surface area contributed by atoms with Crippen LogP contribution in [-0.4, -0.2) is 30.6 Å². The second-order valence-electron chi connectivity index (χ2n) is 4.37. The van der Waals surface area contributed by atoms with E-state index in [9.17, 15) is 9.90 Å². The van der Waals surface area contributed by atoms with Gasteiger partial charge in [-0.3, -0.25) is 0 Å². The number of hydrogen-bond acceptors (Lipinski definition) is 4. The van der Waals surface area contributed by atoms with Crippen LogP contribution in [0, 0.1) is 0 Å². The standard InChI is InChI=1S/C12H12N4O2/c1-16-6-13-5-9(16)11-14-8-4-2-3-7(8)10(15-11)12(17)18/h5-6H,2-4H2,1H3,(H,17,18). The van der Waals surface area contributed by atoms with Crippen LogP contribution < -0.4 is 0 Å². The molecule has 1 N–H and O–H groups in total. The summed E-state index contributed by atoms with van der Waals surface area (Å²) in [6, 6.07) is 0. The first kappa shape index (κ1) is 10.9. The molecule has 0 bridgehead atoms. The monoisotopic (exact) mass is 244 g/mol. The number of carboxylic acid groups (broad SMARTS) is 1. The first-order valence-electron chi connectivity index (χ1n) is 5.76. The van der Waals surface area contributed by atoms with Crippen LogP contribution in [0.2, 0.25) is 0 Å². The number of carboxylic acids is 1. The van der Waals surface area contributed by atoms with Crippen molar-refractivity contribution in [1.29, 1.82) is 0 Å². The fourth-order valence-corrected chi connectivity index (χ4v) is 2.30. The van der Waals surface area contributed by atoms with Gasteiger partial charge in [0.2, 0.25) is 0 Å². The molecule has 1 aliphatic carbocycles. The molecule has 1 aliphatic rings. The van der Waals surface area contributed by atoms with Gasteiger partial charge >= 0.3 is 5.97 Å². The zero-order valence-corrected chi connectivity index (χ0v) is 9.92. The average molecular weight is 244 g/mol. The van der Waals surface area contributed by atoms with Crippen LogP contribution in [0.15, 0.2) is 12.5 Å². The van der Waals surface area contributed by atoms with E-state index in [1.165, 1.54) is 0 Å². The molecule has 18 heavy (non-hydrogen) atoms. The molecular formula is C12H12N4O2. The lowest BCUT2D eigenvalue weighted by molar-refractivity contribution is 0.0689. The highest BCUT2D eigenvalue weighted by molar-refractivity contribution is 5.88. The minimum absolute atomic E-state index is 0.133. The fourth-order valence-electron chi connectivity index (χ4n) is 2.30. The molecule has 0 spiro atoms. The maximum absolute atomic E-state index is 11.3. The van der Waals surface area contributed by atoms with Gasteiger partial charge in [0.15, 0.2) is 11.5 Å². The van der Waals surface area contributed by atoms with E-state index in [4.69, 9.17) is 0 Å². The van der Waals surface area contributed by atoms with Crippen molar-refractivity contribution in [3.05, 3.63) is 29.5 Å². The van der Waals surface area contributed by atoms with E-state index in [1.54, 1.807) is 17.1 Å². The molecular weight excluding hydrogens is 232 g/mol. The van der Waals surface area contributed by atoms with E-state index in [2.05, 4.69) is 15.0 Å². The Morgan fingerprint density at radius 1 is 1.39 bits per heavy atom. The SMILES string of the molecule is Cn1cncc1-c1nc2c(c(C(=O)O)n1)CCC2. The number of imidazole rings is 1. The summed E-state index contributed by atoms with van der Waals surface area (Å²) in [6.45, 7) is 0. The van der Waals surface area contributed by atoms with Crippen molar-refractivity contribution in [2.75, 3.05) is 0 Å². The zero-order chi connectivity index (χ0) is 12.7. The smallest absolute Gasteiger partial charge is 0.354 e. The predicted molar refractivity (Wildman–Crippen MR) is 63.2 cm³/mol. The molecule has 3 rings (SSSR count). The van der Waals surface area contributed by atoms with E-state index in [0.717, 1.165) is 36.2 Å². The number of fused-ring (bicyclic) bond motifs is 1. The quantitative estimate of drug-likeness (QED) is 0.854. The van der Waals surface area contributed by atoms with Gasteiger partial charge < -0.3 is 9.67 Å². The van der Waals surface area contributed by atoms with Gasteiger partial charge in [-0.15, -0.1) is 0 Å². The van der Waals surface area contributed by atoms with E-state index in [1.807, 2.05) is 7.05 Å². The third-order valence-electron chi connectivity index (χ3n) is 3.18. The second kappa shape index (κ2) is 3.90. The predicted octanol–water partition coefficient (Wildman–Crippen LogP) is 1.06. The van der Waals surface area contributed by atoms with Crippen molar-refractivity contribution >= 4 is 5.97 Å². The maximum atomic E-state index is 11.3. The minimum Gasteiger partial charge on any atom is -0.476 e. The number of rotatable bonds is 2. The number of nitrogens with zero attached hydrogens (tertiary/aromatic N) is 4. The third-order valence-corrected chi connectivity index (χ3v) is 3.18. The number of aromatic carboxylic acids is 1. The number of aryl methyl sites for hydroxylation is 2. The summed E-state index contributed by atoms with van der Waals surface area (Å²) in [4.78, 5) is 23.9. The number of carbonyl (C=O) groups is 1.